The fourth-order valence-corrected chi connectivity index (χ4v) is 1.92. The third kappa shape index (κ3) is 3.78. The Balaban J connectivity index is 2.06. The Hall–Kier alpha value is -1.94. The molecular formula is C16H15BrN2O. The van der Waals surface area contributed by atoms with Crippen LogP contribution in [0.1, 0.15) is 28.4 Å². The minimum atomic E-state index is -0.219. The van der Waals surface area contributed by atoms with Crippen molar-refractivity contribution in [3.8, 4) is 0 Å². The molecule has 0 aliphatic carbocycles. The molecule has 1 N–H and O–H groups in total. The third-order valence-electron chi connectivity index (χ3n) is 2.90. The predicted octanol–water partition coefficient (Wildman–Crippen LogP) is 3.91. The number of rotatable bonds is 3. The number of hydrazone groups is 1. The molecule has 0 spiro atoms. The first-order chi connectivity index (χ1) is 9.56. The van der Waals surface area contributed by atoms with E-state index in [2.05, 4.69) is 26.5 Å². The summed E-state index contributed by atoms with van der Waals surface area (Å²) in [6, 6.07) is 15.2. The molecule has 0 aliphatic rings. The highest BCUT2D eigenvalue weighted by atomic mass is 79.9. The van der Waals surface area contributed by atoms with Crippen molar-refractivity contribution in [2.75, 3.05) is 0 Å². The Bertz CT molecular complexity index is 631. The van der Waals surface area contributed by atoms with Crippen molar-refractivity contribution in [1.82, 2.24) is 5.43 Å². The summed E-state index contributed by atoms with van der Waals surface area (Å²) in [7, 11) is 0. The summed E-state index contributed by atoms with van der Waals surface area (Å²) in [6.07, 6.45) is 0. The molecule has 0 saturated carbocycles. The van der Waals surface area contributed by atoms with Gasteiger partial charge in [0.15, 0.2) is 0 Å². The molecule has 2 rings (SSSR count). The fraction of sp³-hybridized carbons (Fsp3) is 0.125. The number of amides is 1. The molecule has 0 unspecified atom stereocenters. The number of carbonyl (C=O) groups is 1. The molecule has 2 aromatic carbocycles. The smallest absolute Gasteiger partial charge is 0.267 e. The molecule has 3 nitrogen and oxygen atoms in total. The highest BCUT2D eigenvalue weighted by molar-refractivity contribution is 9.10. The molecule has 102 valence electrons. The van der Waals surface area contributed by atoms with Crippen LogP contribution in [0.15, 0.2) is 58.1 Å². The van der Waals surface area contributed by atoms with Gasteiger partial charge in [-0.15, -0.1) is 0 Å². The Kier molecular flexibility index (Phi) is 4.69. The molecule has 0 atom stereocenters. The van der Waals surface area contributed by atoms with Gasteiger partial charge in [-0.25, -0.2) is 5.43 Å². The number of nitrogens with zero attached hydrogens (tertiary/aromatic N) is 1. The Morgan fingerprint density at radius 2 is 1.55 bits per heavy atom. The minimum absolute atomic E-state index is 0.219. The third-order valence-corrected chi connectivity index (χ3v) is 3.43. The van der Waals surface area contributed by atoms with Gasteiger partial charge < -0.3 is 0 Å². The highest BCUT2D eigenvalue weighted by Crippen LogP contribution is 2.10. The van der Waals surface area contributed by atoms with E-state index in [1.165, 1.54) is 5.56 Å². The van der Waals surface area contributed by atoms with Crippen LogP contribution in [0.2, 0.25) is 0 Å². The van der Waals surface area contributed by atoms with E-state index >= 15 is 0 Å². The van der Waals surface area contributed by atoms with Gasteiger partial charge in [0.25, 0.3) is 5.91 Å². The van der Waals surface area contributed by atoms with Crippen LogP contribution in [0.5, 0.6) is 0 Å². The van der Waals surface area contributed by atoms with Gasteiger partial charge in [0.05, 0.1) is 5.71 Å². The maximum absolute atomic E-state index is 11.9. The average molecular weight is 331 g/mol. The van der Waals surface area contributed by atoms with E-state index in [9.17, 15) is 4.79 Å². The molecule has 0 heterocycles. The number of halogens is 1. The lowest BCUT2D eigenvalue weighted by atomic mass is 10.1. The zero-order valence-corrected chi connectivity index (χ0v) is 12.9. The Morgan fingerprint density at radius 1 is 1.00 bits per heavy atom. The first kappa shape index (κ1) is 14.5. The van der Waals surface area contributed by atoms with Crippen molar-refractivity contribution < 1.29 is 4.79 Å². The fourth-order valence-electron chi connectivity index (χ4n) is 1.66. The van der Waals surface area contributed by atoms with Crippen molar-refractivity contribution in [2.24, 2.45) is 5.10 Å². The molecule has 0 fully saturated rings. The lowest BCUT2D eigenvalue weighted by Gasteiger charge is -2.03. The van der Waals surface area contributed by atoms with Crippen molar-refractivity contribution >= 4 is 27.5 Å². The summed E-state index contributed by atoms with van der Waals surface area (Å²) < 4.78 is 0.938. The number of hydrogen-bond donors (Lipinski definition) is 1. The number of nitrogens with one attached hydrogen (secondary N) is 1. The second-order valence-corrected chi connectivity index (χ2v) is 5.43. The molecule has 0 aliphatic heterocycles. The molecule has 20 heavy (non-hydrogen) atoms. The van der Waals surface area contributed by atoms with E-state index in [1.54, 1.807) is 12.1 Å². The van der Waals surface area contributed by atoms with Gasteiger partial charge in [-0.3, -0.25) is 4.79 Å². The zero-order valence-electron chi connectivity index (χ0n) is 11.4. The van der Waals surface area contributed by atoms with Crippen LogP contribution >= 0.6 is 15.9 Å². The lowest BCUT2D eigenvalue weighted by Crippen LogP contribution is -2.19. The first-order valence-corrected chi connectivity index (χ1v) is 7.03. The van der Waals surface area contributed by atoms with Gasteiger partial charge in [0, 0.05) is 10.0 Å². The monoisotopic (exact) mass is 330 g/mol. The molecule has 2 aromatic rings. The molecule has 0 saturated heterocycles. The van der Waals surface area contributed by atoms with Gasteiger partial charge in [-0.05, 0) is 43.7 Å². The second kappa shape index (κ2) is 6.48. The van der Waals surface area contributed by atoms with Crippen LogP contribution in [0.25, 0.3) is 0 Å². The molecule has 1 amide bonds. The molecule has 0 aromatic heterocycles. The normalized spacial score (nSPS) is 11.2. The van der Waals surface area contributed by atoms with Crippen LogP contribution < -0.4 is 5.43 Å². The van der Waals surface area contributed by atoms with Gasteiger partial charge in [0.1, 0.15) is 0 Å². The summed E-state index contributed by atoms with van der Waals surface area (Å²) in [5.74, 6) is -0.219. The predicted molar refractivity (Wildman–Crippen MR) is 85.0 cm³/mol. The lowest BCUT2D eigenvalue weighted by molar-refractivity contribution is 0.0955. The van der Waals surface area contributed by atoms with Gasteiger partial charge >= 0.3 is 0 Å². The van der Waals surface area contributed by atoms with Crippen molar-refractivity contribution in [3.63, 3.8) is 0 Å². The Morgan fingerprint density at radius 3 is 2.15 bits per heavy atom. The number of aryl methyl sites for hydroxylation is 1. The zero-order chi connectivity index (χ0) is 14.5. The van der Waals surface area contributed by atoms with Gasteiger partial charge in [0.2, 0.25) is 0 Å². The number of benzene rings is 2. The second-order valence-electron chi connectivity index (χ2n) is 4.51. The number of carbonyl (C=O) groups excluding carboxylic acids is 1. The van der Waals surface area contributed by atoms with E-state index in [-0.39, 0.29) is 5.91 Å². The van der Waals surface area contributed by atoms with Crippen LogP contribution in [-0.4, -0.2) is 11.6 Å². The van der Waals surface area contributed by atoms with E-state index < -0.39 is 0 Å². The van der Waals surface area contributed by atoms with Crippen molar-refractivity contribution in [3.05, 3.63) is 69.7 Å². The standard InChI is InChI=1S/C16H15BrN2O/c1-11-3-5-13(6-4-11)12(2)18-19-16(20)14-7-9-15(17)10-8-14/h3-10H,1-2H3,(H,19,20). The van der Waals surface area contributed by atoms with E-state index in [0.29, 0.717) is 5.56 Å². The minimum Gasteiger partial charge on any atom is -0.267 e. The largest absolute Gasteiger partial charge is 0.271 e. The summed E-state index contributed by atoms with van der Waals surface area (Å²) in [5, 5.41) is 4.13. The van der Waals surface area contributed by atoms with E-state index in [4.69, 9.17) is 0 Å². The Labute approximate surface area is 126 Å². The van der Waals surface area contributed by atoms with Crippen molar-refractivity contribution in [1.29, 1.82) is 0 Å². The maximum Gasteiger partial charge on any atom is 0.271 e. The van der Waals surface area contributed by atoms with Crippen LogP contribution in [0.4, 0.5) is 0 Å². The van der Waals surface area contributed by atoms with Crippen LogP contribution in [0, 0.1) is 6.92 Å². The first-order valence-electron chi connectivity index (χ1n) is 6.23. The van der Waals surface area contributed by atoms with Crippen LogP contribution in [0.3, 0.4) is 0 Å². The van der Waals surface area contributed by atoms with E-state index in [1.807, 2.05) is 50.2 Å². The molecule has 4 heteroatoms. The summed E-state index contributed by atoms with van der Waals surface area (Å²) in [4.78, 5) is 11.9. The summed E-state index contributed by atoms with van der Waals surface area (Å²) in [6.45, 7) is 3.90. The number of hydrogen-bond acceptors (Lipinski definition) is 2. The van der Waals surface area contributed by atoms with Crippen LogP contribution in [-0.2, 0) is 0 Å². The van der Waals surface area contributed by atoms with E-state index in [0.717, 1.165) is 15.7 Å². The molecule has 0 radical (unpaired) electrons. The van der Waals surface area contributed by atoms with Gasteiger partial charge in [-0.2, -0.15) is 5.10 Å². The topological polar surface area (TPSA) is 41.5 Å². The van der Waals surface area contributed by atoms with Crippen molar-refractivity contribution in [2.45, 2.75) is 13.8 Å². The average Bonchev–Trinajstić information content (AvgIpc) is 2.46. The SMILES string of the molecule is CC(=NNC(=O)c1ccc(Br)cc1)c1ccc(C)cc1. The summed E-state index contributed by atoms with van der Waals surface area (Å²) >= 11 is 3.33. The molecule has 0 bridgehead atoms. The molecular weight excluding hydrogens is 316 g/mol. The quantitative estimate of drug-likeness (QED) is 0.672. The van der Waals surface area contributed by atoms with Gasteiger partial charge in [-0.1, -0.05) is 45.8 Å². The maximum atomic E-state index is 11.9. The summed E-state index contributed by atoms with van der Waals surface area (Å²) in [5.41, 5.74) is 6.10. The highest BCUT2D eigenvalue weighted by Gasteiger charge is 2.04.